The molecule has 1 fully saturated rings. The van der Waals surface area contributed by atoms with Crippen molar-refractivity contribution in [2.75, 3.05) is 0 Å². The summed E-state index contributed by atoms with van der Waals surface area (Å²) in [7, 11) is -2.82. The Kier molecular flexibility index (Phi) is 7.86. The van der Waals surface area contributed by atoms with E-state index in [2.05, 4.69) is 53.0 Å². The van der Waals surface area contributed by atoms with Crippen LogP contribution in [0.3, 0.4) is 0 Å². The van der Waals surface area contributed by atoms with Crippen LogP contribution in [-0.4, -0.2) is 31.5 Å². The van der Waals surface area contributed by atoms with Crippen LogP contribution >= 0.6 is 0 Å². The predicted octanol–water partition coefficient (Wildman–Crippen LogP) is 8.22. The molecule has 0 aromatic heterocycles. The van der Waals surface area contributed by atoms with Gasteiger partial charge >= 0.3 is 7.12 Å². The summed E-state index contributed by atoms with van der Waals surface area (Å²) in [5, 5.41) is 12.2. The van der Waals surface area contributed by atoms with E-state index in [-0.39, 0.29) is 11.6 Å². The molecule has 1 saturated heterocycles. The van der Waals surface area contributed by atoms with Gasteiger partial charge in [0.05, 0.1) is 16.8 Å². The Morgan fingerprint density at radius 2 is 1.41 bits per heavy atom. The number of benzene rings is 3. The summed E-state index contributed by atoms with van der Waals surface area (Å²) in [6, 6.07) is 14.5. The fraction of sp³-hybridized carbons (Fsp3) is 0.455. The summed E-state index contributed by atoms with van der Waals surface area (Å²) in [6.45, 7) is 21.6. The standard InChI is InChI=1S/C33H42BFO3Si/c1-21(2)39(22(3)4,23(5)6)18-17-27-29(35)16-15-24-19-25(26-13-11-12-14-30(26)36)20-28(31(24)27)34-37-32(7,8)33(9,10)38-34/h11-16,19-23,36H,1-10H3. The highest BCUT2D eigenvalue weighted by molar-refractivity contribution is 6.90. The second-order valence-corrected chi connectivity index (χ2v) is 18.4. The van der Waals surface area contributed by atoms with E-state index in [0.29, 0.717) is 33.1 Å². The van der Waals surface area contributed by atoms with Crippen LogP contribution in [0.15, 0.2) is 48.5 Å². The zero-order chi connectivity index (χ0) is 28.9. The van der Waals surface area contributed by atoms with Gasteiger partial charge in [-0.05, 0) is 78.9 Å². The lowest BCUT2D eigenvalue weighted by molar-refractivity contribution is 0.00578. The van der Waals surface area contributed by atoms with Gasteiger partial charge in [-0.25, -0.2) is 4.39 Å². The van der Waals surface area contributed by atoms with Crippen LogP contribution in [0, 0.1) is 17.3 Å². The van der Waals surface area contributed by atoms with E-state index in [4.69, 9.17) is 9.31 Å². The third kappa shape index (κ3) is 5.06. The molecule has 0 aliphatic carbocycles. The van der Waals surface area contributed by atoms with Crippen molar-refractivity contribution in [2.45, 2.75) is 97.1 Å². The summed E-state index contributed by atoms with van der Waals surface area (Å²) in [5.41, 5.74) is 6.48. The van der Waals surface area contributed by atoms with Crippen molar-refractivity contribution in [1.29, 1.82) is 0 Å². The van der Waals surface area contributed by atoms with Gasteiger partial charge in [0.1, 0.15) is 19.6 Å². The van der Waals surface area contributed by atoms with E-state index in [1.165, 1.54) is 6.07 Å². The number of phenolic OH excluding ortho intramolecular Hbond substituents is 1. The third-order valence-electron chi connectivity index (χ3n) is 9.09. The number of rotatable bonds is 5. The molecule has 0 atom stereocenters. The molecular weight excluding hydrogens is 502 g/mol. The molecule has 1 N–H and O–H groups in total. The van der Waals surface area contributed by atoms with Gasteiger partial charge in [0, 0.05) is 10.9 Å². The molecular formula is C33H42BFO3Si. The first-order valence-electron chi connectivity index (χ1n) is 14.1. The van der Waals surface area contributed by atoms with E-state index in [0.717, 1.165) is 16.4 Å². The van der Waals surface area contributed by atoms with Gasteiger partial charge in [0.25, 0.3) is 0 Å². The average molecular weight is 545 g/mol. The first kappa shape index (κ1) is 29.4. The van der Waals surface area contributed by atoms with Crippen molar-refractivity contribution in [2.24, 2.45) is 0 Å². The maximum Gasteiger partial charge on any atom is 0.495 e. The van der Waals surface area contributed by atoms with Crippen LogP contribution < -0.4 is 5.46 Å². The van der Waals surface area contributed by atoms with Crippen molar-refractivity contribution >= 4 is 31.4 Å². The fourth-order valence-corrected chi connectivity index (χ4v) is 11.4. The Morgan fingerprint density at radius 1 is 0.846 bits per heavy atom. The molecule has 1 aliphatic heterocycles. The summed E-state index contributed by atoms with van der Waals surface area (Å²) in [6.07, 6.45) is 0. The van der Waals surface area contributed by atoms with Gasteiger partial charge in [-0.2, -0.15) is 0 Å². The molecule has 0 amide bonds. The molecule has 0 saturated carbocycles. The topological polar surface area (TPSA) is 38.7 Å². The van der Waals surface area contributed by atoms with Gasteiger partial charge in [0.2, 0.25) is 0 Å². The zero-order valence-corrected chi connectivity index (χ0v) is 26.1. The van der Waals surface area contributed by atoms with Crippen molar-refractivity contribution in [3.63, 3.8) is 0 Å². The Bertz CT molecular complexity index is 1410. The zero-order valence-electron chi connectivity index (χ0n) is 25.1. The molecule has 0 bridgehead atoms. The highest BCUT2D eigenvalue weighted by atomic mass is 28.3. The van der Waals surface area contributed by atoms with Crippen molar-refractivity contribution < 1.29 is 18.8 Å². The van der Waals surface area contributed by atoms with Gasteiger partial charge in [-0.15, -0.1) is 5.54 Å². The molecule has 1 heterocycles. The number of aromatic hydroxyl groups is 1. The van der Waals surface area contributed by atoms with Crippen LogP contribution in [0.4, 0.5) is 4.39 Å². The quantitative estimate of drug-likeness (QED) is 0.260. The van der Waals surface area contributed by atoms with Crippen LogP contribution in [-0.2, 0) is 9.31 Å². The second kappa shape index (κ2) is 10.4. The van der Waals surface area contributed by atoms with Gasteiger partial charge in [-0.3, -0.25) is 0 Å². The molecule has 0 spiro atoms. The number of hydrogen-bond acceptors (Lipinski definition) is 3. The monoisotopic (exact) mass is 544 g/mol. The Labute approximate surface area is 235 Å². The predicted molar refractivity (Wildman–Crippen MR) is 165 cm³/mol. The minimum absolute atomic E-state index is 0.181. The van der Waals surface area contributed by atoms with Crippen molar-refractivity contribution in [3.05, 3.63) is 59.9 Å². The molecule has 4 rings (SSSR count). The van der Waals surface area contributed by atoms with Gasteiger partial charge in [-0.1, -0.05) is 77.8 Å². The molecule has 3 nitrogen and oxygen atoms in total. The second-order valence-electron chi connectivity index (χ2n) is 12.8. The summed E-state index contributed by atoms with van der Waals surface area (Å²) < 4.78 is 28.7. The van der Waals surface area contributed by atoms with E-state index in [9.17, 15) is 5.11 Å². The minimum Gasteiger partial charge on any atom is -0.507 e. The molecule has 206 valence electrons. The van der Waals surface area contributed by atoms with E-state index in [1.54, 1.807) is 18.2 Å². The van der Waals surface area contributed by atoms with E-state index < -0.39 is 26.4 Å². The third-order valence-corrected chi connectivity index (χ3v) is 15.4. The Balaban J connectivity index is 2.05. The maximum atomic E-state index is 15.7. The fourth-order valence-electron chi connectivity index (χ4n) is 6.23. The van der Waals surface area contributed by atoms with Crippen molar-refractivity contribution in [3.8, 4) is 28.3 Å². The molecule has 3 aromatic rings. The highest BCUT2D eigenvalue weighted by Gasteiger charge is 2.52. The number of hydrogen-bond donors (Lipinski definition) is 1. The van der Waals surface area contributed by atoms with Gasteiger partial charge < -0.3 is 14.4 Å². The van der Waals surface area contributed by atoms with Crippen LogP contribution in [0.25, 0.3) is 21.9 Å². The molecule has 39 heavy (non-hydrogen) atoms. The number of halogens is 1. The highest BCUT2D eigenvalue weighted by Crippen LogP contribution is 2.42. The average Bonchev–Trinajstić information content (AvgIpc) is 3.06. The van der Waals surface area contributed by atoms with Gasteiger partial charge in [0.15, 0.2) is 0 Å². The van der Waals surface area contributed by atoms with Crippen LogP contribution in [0.2, 0.25) is 16.6 Å². The Hall–Kier alpha value is -2.59. The molecule has 0 unspecified atom stereocenters. The number of fused-ring (bicyclic) bond motifs is 1. The SMILES string of the molecule is CC(C)[Si](C#Cc1c(F)ccc2cc(-c3ccccc3O)cc(B3OC(C)(C)C(C)(C)O3)c12)(C(C)C)C(C)C. The molecule has 6 heteroatoms. The summed E-state index contributed by atoms with van der Waals surface area (Å²) in [5.74, 6) is 3.23. The maximum absolute atomic E-state index is 15.7. The van der Waals surface area contributed by atoms with Crippen LogP contribution in [0.1, 0.15) is 74.8 Å². The lowest BCUT2D eigenvalue weighted by Gasteiger charge is -2.38. The lowest BCUT2D eigenvalue weighted by atomic mass is 9.73. The summed E-state index contributed by atoms with van der Waals surface area (Å²) >= 11 is 0. The minimum atomic E-state index is -2.11. The number of para-hydroxylation sites is 1. The number of phenols is 1. The van der Waals surface area contributed by atoms with Crippen molar-refractivity contribution in [1.82, 2.24) is 0 Å². The molecule has 1 aliphatic rings. The summed E-state index contributed by atoms with van der Waals surface area (Å²) in [4.78, 5) is 0. The van der Waals surface area contributed by atoms with E-state index in [1.807, 2.05) is 52.0 Å². The first-order chi connectivity index (χ1) is 18.1. The largest absolute Gasteiger partial charge is 0.507 e. The molecule has 3 aromatic carbocycles. The van der Waals surface area contributed by atoms with Crippen LogP contribution in [0.5, 0.6) is 5.75 Å². The Morgan fingerprint density at radius 3 is 1.95 bits per heavy atom. The van der Waals surface area contributed by atoms with E-state index >= 15 is 4.39 Å². The first-order valence-corrected chi connectivity index (χ1v) is 16.3. The molecule has 0 radical (unpaired) electrons. The lowest BCUT2D eigenvalue weighted by Crippen LogP contribution is -2.43. The smallest absolute Gasteiger partial charge is 0.495 e. The normalized spacial score (nSPS) is 16.8.